The first kappa shape index (κ1) is 13.5. The van der Waals surface area contributed by atoms with Gasteiger partial charge in [-0.25, -0.2) is 4.98 Å². The largest absolute Gasteiger partial charge is 0.463 e. The Hall–Kier alpha value is -2.47. The highest BCUT2D eigenvalue weighted by molar-refractivity contribution is 7.22. The van der Waals surface area contributed by atoms with Gasteiger partial charge in [-0.3, -0.25) is 4.79 Å². The van der Waals surface area contributed by atoms with Crippen LogP contribution in [-0.4, -0.2) is 17.1 Å². The van der Waals surface area contributed by atoms with Crippen molar-refractivity contribution in [3.63, 3.8) is 0 Å². The molecule has 5 nitrogen and oxygen atoms in total. The fourth-order valence-corrected chi connectivity index (χ4v) is 2.92. The molecule has 21 heavy (non-hydrogen) atoms. The number of anilines is 1. The predicted molar refractivity (Wildman–Crippen MR) is 83.8 cm³/mol. The first-order valence-corrected chi connectivity index (χ1v) is 7.20. The summed E-state index contributed by atoms with van der Waals surface area (Å²) in [5.74, 6) is 0.381. The Morgan fingerprint density at radius 2 is 2.29 bits per heavy atom. The Kier molecular flexibility index (Phi) is 3.53. The molecule has 3 rings (SSSR count). The van der Waals surface area contributed by atoms with Crippen LogP contribution in [0.25, 0.3) is 10.2 Å². The van der Waals surface area contributed by atoms with Crippen LogP contribution in [0.1, 0.15) is 18.2 Å². The SMILES string of the molecule is CC(=O)N(/N=C/c1ccco1)c1nc2ccc(C)cc2s1. The number of nitrogens with zero attached hydrogens (tertiary/aromatic N) is 3. The molecule has 0 fully saturated rings. The van der Waals surface area contributed by atoms with Gasteiger partial charge in [-0.2, -0.15) is 10.1 Å². The van der Waals surface area contributed by atoms with E-state index in [0.29, 0.717) is 10.9 Å². The summed E-state index contributed by atoms with van der Waals surface area (Å²) in [5, 5.41) is 5.99. The van der Waals surface area contributed by atoms with Crippen molar-refractivity contribution in [3.8, 4) is 0 Å². The highest BCUT2D eigenvalue weighted by Crippen LogP contribution is 2.29. The molecule has 0 atom stereocenters. The molecule has 2 heterocycles. The molecule has 0 radical (unpaired) electrons. The molecule has 106 valence electrons. The topological polar surface area (TPSA) is 58.7 Å². The van der Waals surface area contributed by atoms with E-state index < -0.39 is 0 Å². The molecular weight excluding hydrogens is 286 g/mol. The fraction of sp³-hybridized carbons (Fsp3) is 0.133. The molecule has 1 aromatic carbocycles. The zero-order valence-electron chi connectivity index (χ0n) is 11.6. The van der Waals surface area contributed by atoms with Crippen molar-refractivity contribution in [2.45, 2.75) is 13.8 Å². The van der Waals surface area contributed by atoms with Crippen LogP contribution in [-0.2, 0) is 4.79 Å². The monoisotopic (exact) mass is 299 g/mol. The van der Waals surface area contributed by atoms with Crippen molar-refractivity contribution in [3.05, 3.63) is 47.9 Å². The summed E-state index contributed by atoms with van der Waals surface area (Å²) in [6.45, 7) is 3.48. The molecule has 0 unspecified atom stereocenters. The second kappa shape index (κ2) is 5.49. The summed E-state index contributed by atoms with van der Waals surface area (Å²) in [6, 6.07) is 9.52. The van der Waals surface area contributed by atoms with Gasteiger partial charge >= 0.3 is 0 Å². The number of carbonyl (C=O) groups excluding carboxylic acids is 1. The van der Waals surface area contributed by atoms with Gasteiger partial charge in [0.25, 0.3) is 0 Å². The molecule has 0 aliphatic heterocycles. The third kappa shape index (κ3) is 2.85. The normalized spacial score (nSPS) is 11.3. The van der Waals surface area contributed by atoms with E-state index in [1.54, 1.807) is 18.4 Å². The summed E-state index contributed by atoms with van der Waals surface area (Å²) in [7, 11) is 0. The molecule has 0 saturated heterocycles. The Balaban J connectivity index is 1.97. The summed E-state index contributed by atoms with van der Waals surface area (Å²) in [6.07, 6.45) is 3.05. The van der Waals surface area contributed by atoms with Crippen LogP contribution >= 0.6 is 11.3 Å². The summed E-state index contributed by atoms with van der Waals surface area (Å²) < 4.78 is 6.20. The van der Waals surface area contributed by atoms with Crippen LogP contribution < -0.4 is 5.01 Å². The maximum Gasteiger partial charge on any atom is 0.246 e. The first-order chi connectivity index (χ1) is 10.1. The van der Waals surface area contributed by atoms with E-state index in [1.165, 1.54) is 29.5 Å². The molecule has 2 aromatic heterocycles. The second-order valence-electron chi connectivity index (χ2n) is 4.56. The van der Waals surface area contributed by atoms with Gasteiger partial charge in [0.15, 0.2) is 0 Å². The van der Waals surface area contributed by atoms with Crippen LogP contribution in [0.2, 0.25) is 0 Å². The van der Waals surface area contributed by atoms with E-state index in [9.17, 15) is 4.79 Å². The smallest absolute Gasteiger partial charge is 0.246 e. The van der Waals surface area contributed by atoms with Crippen molar-refractivity contribution in [1.82, 2.24) is 4.98 Å². The minimum Gasteiger partial charge on any atom is -0.463 e. The van der Waals surface area contributed by atoms with E-state index in [2.05, 4.69) is 10.1 Å². The zero-order valence-corrected chi connectivity index (χ0v) is 12.4. The predicted octanol–water partition coefficient (Wildman–Crippen LogP) is 3.58. The maximum atomic E-state index is 11.8. The fourth-order valence-electron chi connectivity index (χ4n) is 1.86. The third-order valence-electron chi connectivity index (χ3n) is 2.86. The lowest BCUT2D eigenvalue weighted by Gasteiger charge is -2.09. The third-order valence-corrected chi connectivity index (χ3v) is 3.85. The number of aromatic nitrogens is 1. The minimum absolute atomic E-state index is 0.200. The van der Waals surface area contributed by atoms with Gasteiger partial charge in [0.05, 0.1) is 22.7 Å². The maximum absolute atomic E-state index is 11.8. The molecule has 0 aliphatic carbocycles. The second-order valence-corrected chi connectivity index (χ2v) is 5.57. The molecule has 0 bridgehead atoms. The van der Waals surface area contributed by atoms with Crippen LogP contribution in [0.4, 0.5) is 5.13 Å². The number of hydrogen-bond donors (Lipinski definition) is 0. The average Bonchev–Trinajstić information content (AvgIpc) is 3.07. The van der Waals surface area contributed by atoms with E-state index in [1.807, 2.05) is 25.1 Å². The lowest BCUT2D eigenvalue weighted by Crippen LogP contribution is -2.22. The molecule has 0 N–H and O–H groups in total. The van der Waals surface area contributed by atoms with Gasteiger partial charge in [-0.05, 0) is 36.8 Å². The Labute approximate surface area is 125 Å². The van der Waals surface area contributed by atoms with Crippen LogP contribution in [0.15, 0.2) is 46.1 Å². The molecule has 6 heteroatoms. The molecule has 0 aliphatic rings. The molecular formula is C15H13N3O2S. The van der Waals surface area contributed by atoms with Gasteiger partial charge < -0.3 is 4.42 Å². The van der Waals surface area contributed by atoms with Crippen molar-refractivity contribution >= 4 is 38.8 Å². The van der Waals surface area contributed by atoms with E-state index in [0.717, 1.165) is 15.8 Å². The van der Waals surface area contributed by atoms with E-state index >= 15 is 0 Å². The van der Waals surface area contributed by atoms with Crippen molar-refractivity contribution in [2.75, 3.05) is 5.01 Å². The van der Waals surface area contributed by atoms with Crippen LogP contribution in [0, 0.1) is 6.92 Å². The number of hydrazone groups is 1. The number of rotatable bonds is 3. The number of fused-ring (bicyclic) bond motifs is 1. The molecule has 0 spiro atoms. The number of carbonyl (C=O) groups is 1. The van der Waals surface area contributed by atoms with Gasteiger partial charge in [0.2, 0.25) is 11.0 Å². The molecule has 3 aromatic rings. The number of aryl methyl sites for hydroxylation is 1. The summed E-state index contributed by atoms with van der Waals surface area (Å²) in [4.78, 5) is 16.3. The van der Waals surface area contributed by atoms with Crippen LogP contribution in [0.5, 0.6) is 0 Å². The number of amides is 1. The van der Waals surface area contributed by atoms with E-state index in [-0.39, 0.29) is 5.91 Å². The summed E-state index contributed by atoms with van der Waals surface area (Å²) in [5.41, 5.74) is 2.02. The highest BCUT2D eigenvalue weighted by Gasteiger charge is 2.15. The van der Waals surface area contributed by atoms with Gasteiger partial charge in [-0.1, -0.05) is 17.4 Å². The first-order valence-electron chi connectivity index (χ1n) is 6.39. The molecule has 1 amide bonds. The average molecular weight is 299 g/mol. The van der Waals surface area contributed by atoms with Crippen molar-refractivity contribution in [2.24, 2.45) is 5.10 Å². The number of furan rings is 1. The Bertz CT molecular complexity index is 806. The number of benzene rings is 1. The number of thiazole rings is 1. The standard InChI is InChI=1S/C15H13N3O2S/c1-10-5-6-13-14(8-10)21-15(17-13)18(11(2)19)16-9-12-4-3-7-20-12/h3-9H,1-2H3/b16-9+. The van der Waals surface area contributed by atoms with Crippen LogP contribution in [0.3, 0.4) is 0 Å². The zero-order chi connectivity index (χ0) is 14.8. The van der Waals surface area contributed by atoms with E-state index in [4.69, 9.17) is 4.42 Å². The number of hydrogen-bond acceptors (Lipinski definition) is 5. The summed E-state index contributed by atoms with van der Waals surface area (Å²) >= 11 is 1.43. The Morgan fingerprint density at radius 3 is 3.00 bits per heavy atom. The quantitative estimate of drug-likeness (QED) is 0.548. The lowest BCUT2D eigenvalue weighted by molar-refractivity contribution is -0.116. The van der Waals surface area contributed by atoms with Crippen molar-refractivity contribution < 1.29 is 9.21 Å². The van der Waals surface area contributed by atoms with Gasteiger partial charge in [-0.15, -0.1) is 0 Å². The lowest BCUT2D eigenvalue weighted by atomic mass is 10.2. The molecule has 0 saturated carbocycles. The van der Waals surface area contributed by atoms with Crippen molar-refractivity contribution in [1.29, 1.82) is 0 Å². The van der Waals surface area contributed by atoms with Gasteiger partial charge in [0, 0.05) is 6.92 Å². The highest BCUT2D eigenvalue weighted by atomic mass is 32.1. The minimum atomic E-state index is -0.200. The Morgan fingerprint density at radius 1 is 1.43 bits per heavy atom. The van der Waals surface area contributed by atoms with Gasteiger partial charge in [0.1, 0.15) is 5.76 Å².